The van der Waals surface area contributed by atoms with Gasteiger partial charge in [-0.1, -0.05) is 48.0 Å². The number of ether oxygens (including phenoxy) is 2. The van der Waals surface area contributed by atoms with Gasteiger partial charge in [0.1, 0.15) is 0 Å². The van der Waals surface area contributed by atoms with Crippen molar-refractivity contribution in [3.05, 3.63) is 65.2 Å². The predicted molar refractivity (Wildman–Crippen MR) is 127 cm³/mol. The molecule has 2 aliphatic heterocycles. The summed E-state index contributed by atoms with van der Waals surface area (Å²) in [6, 6.07) is 16.6. The van der Waals surface area contributed by atoms with Crippen molar-refractivity contribution >= 4 is 29.2 Å². The van der Waals surface area contributed by atoms with Crippen molar-refractivity contribution in [3.63, 3.8) is 0 Å². The van der Waals surface area contributed by atoms with E-state index in [1.54, 1.807) is 29.2 Å². The van der Waals surface area contributed by atoms with Crippen LogP contribution < -0.4 is 5.32 Å². The lowest BCUT2D eigenvalue weighted by Crippen LogP contribution is -2.52. The average molecular weight is 472 g/mol. The number of halogens is 1. The third-order valence-electron chi connectivity index (χ3n) is 5.92. The number of anilines is 1. The first-order valence-corrected chi connectivity index (χ1v) is 11.8. The van der Waals surface area contributed by atoms with Crippen LogP contribution in [0.2, 0.25) is 5.02 Å². The molecule has 2 atom stereocenters. The molecule has 2 fully saturated rings. The van der Waals surface area contributed by atoms with Gasteiger partial charge in [-0.05, 0) is 36.6 Å². The van der Waals surface area contributed by atoms with Crippen molar-refractivity contribution < 1.29 is 19.1 Å². The highest BCUT2D eigenvalue weighted by Crippen LogP contribution is 2.18. The standard InChI is InChI=1S/C25H30ClN3O4/c26-20-8-4-9-21(15-20)27-25(31)28-11-13-33-23(17-28)18-29(16-22-10-5-12-32-22)24(30)14-19-6-2-1-3-7-19/h1-4,6-9,15,22-23H,5,10-14,16-18H2,(H,27,31). The summed E-state index contributed by atoms with van der Waals surface area (Å²) >= 11 is 6.02. The van der Waals surface area contributed by atoms with Crippen molar-refractivity contribution in [1.29, 1.82) is 0 Å². The molecule has 8 heteroatoms. The Balaban J connectivity index is 1.38. The Labute approximate surface area is 199 Å². The van der Waals surface area contributed by atoms with E-state index in [9.17, 15) is 9.59 Å². The molecule has 2 aliphatic rings. The number of rotatable bonds is 7. The summed E-state index contributed by atoms with van der Waals surface area (Å²) in [7, 11) is 0. The van der Waals surface area contributed by atoms with Crippen LogP contribution in [0.1, 0.15) is 18.4 Å². The number of morpholine rings is 1. The molecular weight excluding hydrogens is 442 g/mol. The first-order chi connectivity index (χ1) is 16.1. The highest BCUT2D eigenvalue weighted by atomic mass is 35.5. The molecule has 2 saturated heterocycles. The maximum atomic E-state index is 13.2. The quantitative estimate of drug-likeness (QED) is 0.666. The molecule has 2 heterocycles. The van der Waals surface area contributed by atoms with E-state index in [2.05, 4.69) is 5.32 Å². The van der Waals surface area contributed by atoms with Crippen molar-refractivity contribution in [2.75, 3.05) is 44.7 Å². The number of hydrogen-bond acceptors (Lipinski definition) is 4. The lowest BCUT2D eigenvalue weighted by Gasteiger charge is -2.36. The second-order valence-corrected chi connectivity index (χ2v) is 8.91. The van der Waals surface area contributed by atoms with Gasteiger partial charge in [0.25, 0.3) is 0 Å². The van der Waals surface area contributed by atoms with Crippen molar-refractivity contribution in [1.82, 2.24) is 9.80 Å². The van der Waals surface area contributed by atoms with Crippen LogP contribution in [0.4, 0.5) is 10.5 Å². The van der Waals surface area contributed by atoms with Crippen molar-refractivity contribution in [2.24, 2.45) is 0 Å². The van der Waals surface area contributed by atoms with Crippen molar-refractivity contribution in [2.45, 2.75) is 31.5 Å². The summed E-state index contributed by atoms with van der Waals surface area (Å²) in [5, 5.41) is 3.45. The molecule has 0 aromatic heterocycles. The smallest absolute Gasteiger partial charge is 0.322 e. The number of nitrogens with zero attached hydrogens (tertiary/aromatic N) is 2. The van der Waals surface area contributed by atoms with E-state index in [-0.39, 0.29) is 24.1 Å². The first kappa shape index (κ1) is 23.5. The number of nitrogens with one attached hydrogen (secondary N) is 1. The van der Waals surface area contributed by atoms with Gasteiger partial charge < -0.3 is 24.6 Å². The first-order valence-electron chi connectivity index (χ1n) is 11.4. The van der Waals surface area contributed by atoms with Crippen LogP contribution in [0.3, 0.4) is 0 Å². The summed E-state index contributed by atoms with van der Waals surface area (Å²) in [5.41, 5.74) is 1.63. The fourth-order valence-electron chi connectivity index (χ4n) is 4.22. The maximum absolute atomic E-state index is 13.2. The topological polar surface area (TPSA) is 71.1 Å². The highest BCUT2D eigenvalue weighted by Gasteiger charge is 2.29. The zero-order chi connectivity index (χ0) is 23.0. The minimum Gasteiger partial charge on any atom is -0.376 e. The van der Waals surface area contributed by atoms with Gasteiger partial charge in [0.2, 0.25) is 5.91 Å². The Kier molecular flexibility index (Phi) is 8.20. The Hall–Kier alpha value is -2.61. The van der Waals surface area contributed by atoms with Gasteiger partial charge in [0, 0.05) is 37.0 Å². The summed E-state index contributed by atoms with van der Waals surface area (Å²) in [4.78, 5) is 29.5. The molecule has 2 unspecified atom stereocenters. The average Bonchev–Trinajstić information content (AvgIpc) is 3.33. The largest absolute Gasteiger partial charge is 0.376 e. The fourth-order valence-corrected chi connectivity index (χ4v) is 4.41. The number of amides is 3. The lowest BCUT2D eigenvalue weighted by molar-refractivity contribution is -0.135. The van der Waals surface area contributed by atoms with Gasteiger partial charge in [-0.3, -0.25) is 4.79 Å². The minimum atomic E-state index is -0.259. The maximum Gasteiger partial charge on any atom is 0.322 e. The van der Waals surface area contributed by atoms with E-state index in [0.29, 0.717) is 49.9 Å². The third kappa shape index (κ3) is 6.93. The zero-order valence-corrected chi connectivity index (χ0v) is 19.4. The summed E-state index contributed by atoms with van der Waals surface area (Å²) in [6.07, 6.45) is 2.09. The fraction of sp³-hybridized carbons (Fsp3) is 0.440. The molecule has 2 aromatic rings. The molecule has 2 aromatic carbocycles. The molecule has 1 N–H and O–H groups in total. The van der Waals surface area contributed by atoms with Crippen LogP contribution >= 0.6 is 11.6 Å². The van der Waals surface area contributed by atoms with Crippen LogP contribution in [0.15, 0.2) is 54.6 Å². The molecule has 0 spiro atoms. The Bertz CT molecular complexity index is 936. The molecule has 7 nitrogen and oxygen atoms in total. The van der Waals surface area contributed by atoms with E-state index in [1.807, 2.05) is 35.2 Å². The number of benzene rings is 2. The van der Waals surface area contributed by atoms with Gasteiger partial charge in [-0.15, -0.1) is 0 Å². The molecule has 0 bridgehead atoms. The summed E-state index contributed by atoms with van der Waals surface area (Å²) < 4.78 is 11.7. The predicted octanol–water partition coefficient (Wildman–Crippen LogP) is 3.82. The number of urea groups is 1. The van der Waals surface area contributed by atoms with E-state index >= 15 is 0 Å². The minimum absolute atomic E-state index is 0.0424. The molecule has 33 heavy (non-hydrogen) atoms. The van der Waals surface area contributed by atoms with Crippen LogP contribution in [0.5, 0.6) is 0 Å². The van der Waals surface area contributed by atoms with Gasteiger partial charge >= 0.3 is 6.03 Å². The lowest BCUT2D eigenvalue weighted by atomic mass is 10.1. The molecule has 0 radical (unpaired) electrons. The molecule has 0 aliphatic carbocycles. The van der Waals surface area contributed by atoms with Crippen LogP contribution in [0, 0.1) is 0 Å². The Morgan fingerprint density at radius 1 is 1.03 bits per heavy atom. The normalized spacial score (nSPS) is 20.5. The number of hydrogen-bond donors (Lipinski definition) is 1. The van der Waals surface area contributed by atoms with Crippen molar-refractivity contribution in [3.8, 4) is 0 Å². The van der Waals surface area contributed by atoms with Gasteiger partial charge in [0.15, 0.2) is 0 Å². The van der Waals surface area contributed by atoms with E-state index in [4.69, 9.17) is 21.1 Å². The highest BCUT2D eigenvalue weighted by molar-refractivity contribution is 6.30. The van der Waals surface area contributed by atoms with Gasteiger partial charge in [-0.25, -0.2) is 4.79 Å². The number of carbonyl (C=O) groups is 2. The molecule has 0 saturated carbocycles. The monoisotopic (exact) mass is 471 g/mol. The van der Waals surface area contributed by atoms with Crippen LogP contribution in [-0.2, 0) is 20.7 Å². The Morgan fingerprint density at radius 2 is 1.82 bits per heavy atom. The van der Waals surface area contributed by atoms with E-state index < -0.39 is 0 Å². The molecule has 176 valence electrons. The van der Waals surface area contributed by atoms with E-state index in [0.717, 1.165) is 25.0 Å². The van der Waals surface area contributed by atoms with Crippen LogP contribution in [-0.4, -0.2) is 73.3 Å². The molecule has 3 amide bonds. The third-order valence-corrected chi connectivity index (χ3v) is 6.16. The Morgan fingerprint density at radius 3 is 2.58 bits per heavy atom. The summed E-state index contributed by atoms with van der Waals surface area (Å²) in [5.74, 6) is 0.0424. The number of carbonyl (C=O) groups excluding carboxylic acids is 2. The second-order valence-electron chi connectivity index (χ2n) is 8.48. The SMILES string of the molecule is O=C(Cc1ccccc1)N(CC1CCCO1)CC1CN(C(=O)Nc2cccc(Cl)c2)CCO1. The van der Waals surface area contributed by atoms with Gasteiger partial charge in [0.05, 0.1) is 31.8 Å². The molecular formula is C25H30ClN3O4. The zero-order valence-electron chi connectivity index (χ0n) is 18.6. The van der Waals surface area contributed by atoms with Crippen LogP contribution in [0.25, 0.3) is 0 Å². The second kappa shape index (κ2) is 11.5. The molecule has 4 rings (SSSR count). The van der Waals surface area contributed by atoms with E-state index in [1.165, 1.54) is 0 Å². The summed E-state index contributed by atoms with van der Waals surface area (Å²) in [6.45, 7) is 3.03. The van der Waals surface area contributed by atoms with Gasteiger partial charge in [-0.2, -0.15) is 0 Å².